The van der Waals surface area contributed by atoms with Crippen molar-refractivity contribution in [2.75, 3.05) is 25.1 Å². The maximum absolute atomic E-state index is 14.9. The van der Waals surface area contributed by atoms with Crippen LogP contribution in [0.4, 0.5) is 0 Å². The highest BCUT2D eigenvalue weighted by Crippen LogP contribution is 2.25. The van der Waals surface area contributed by atoms with Crippen LogP contribution in [0.15, 0.2) is 97.3 Å². The van der Waals surface area contributed by atoms with Gasteiger partial charge in [-0.1, -0.05) is 136 Å². The summed E-state index contributed by atoms with van der Waals surface area (Å²) in [7, 11) is 4.04. The van der Waals surface area contributed by atoms with Gasteiger partial charge in [-0.15, -0.1) is 0 Å². The summed E-state index contributed by atoms with van der Waals surface area (Å²) in [5.74, 6) is -5.58. The van der Waals surface area contributed by atoms with Crippen molar-refractivity contribution >= 4 is 80.2 Å². The number of nitrogens with one attached hydrogen (secondary N) is 9. The lowest BCUT2D eigenvalue weighted by Crippen LogP contribution is -2.60. The third kappa shape index (κ3) is 25.9. The summed E-state index contributed by atoms with van der Waals surface area (Å²) in [5, 5.41) is 62.8. The molecular formula is C60H90N10O12S2. The molecule has 1 aromatic heterocycles. The number of likely N-dealkylation sites (N-methyl/N-ethyl adjacent to an activating group) is 1. The van der Waals surface area contributed by atoms with Crippen LogP contribution in [0.25, 0.3) is 10.9 Å². The van der Waals surface area contributed by atoms with E-state index in [0.29, 0.717) is 36.8 Å². The molecule has 4 aromatic rings. The molecule has 0 spiro atoms. The molecule has 15 N–H and O–H groups in total. The Kier molecular flexibility index (Phi) is 35.1. The maximum Gasteiger partial charge on any atom is 0.328 e. The number of aliphatic hydroxyl groups is 2. The van der Waals surface area contributed by atoms with Crippen molar-refractivity contribution in [1.29, 1.82) is 0 Å². The number of carbonyl (C=O) groups is 8. The molecule has 0 saturated heterocycles. The Morgan fingerprint density at radius 1 is 0.631 bits per heavy atom. The van der Waals surface area contributed by atoms with Crippen LogP contribution in [0.5, 0.6) is 5.75 Å². The minimum Gasteiger partial charge on any atom is -0.508 e. The summed E-state index contributed by atoms with van der Waals surface area (Å²) in [6.45, 7) is 16.9. The van der Waals surface area contributed by atoms with E-state index in [1.807, 2.05) is 32.0 Å². The quantitative estimate of drug-likeness (QED) is 0.0175. The van der Waals surface area contributed by atoms with Gasteiger partial charge in [0, 0.05) is 60.0 Å². The van der Waals surface area contributed by atoms with Crippen molar-refractivity contribution in [3.05, 3.63) is 114 Å². The smallest absolute Gasteiger partial charge is 0.328 e. The first-order valence-electron chi connectivity index (χ1n) is 28.5. The number of aromatic hydroxyl groups is 1. The predicted molar refractivity (Wildman–Crippen MR) is 332 cm³/mol. The zero-order chi connectivity index (χ0) is 62.7. The molecule has 10 unspecified atom stereocenters. The standard InChI is InChI=1S/C54H74N10O12S2.C4H10.C2H6/c1-6-47(69)59-41(24-34-14-8-7-9-15-34)50(71)64-46(30-78-77-29-45(56-5)31(2)58-48(33(4)67)54(75)76)53(74)61-42(25-35-19-21-37(68)22-20-35)51(72)62-43(26-36-27-57-39-17-11-10-16-38(36)39)52(73)60-40(18-12-13-23-55)49(70)63-44(28-65)32(3)66;1-3-4-2;1-2/h7-11,14-17,19-22,27-28,32-33,40-46,48,56-58,66-68H,2,6,12-13,18,23-26,29-30,55H2,1,3-5H3,(H,59,69)(H,60,73)(H,61,74)(H,62,72)(H,63,70)(H,64,71)(H,75,76);3-4H2,1-2H3;1-2H3. The van der Waals surface area contributed by atoms with Crippen LogP contribution in [0.1, 0.15) is 104 Å². The number of aliphatic carboxylic acids is 1. The summed E-state index contributed by atoms with van der Waals surface area (Å²) < 4.78 is 0. The molecule has 0 fully saturated rings. The number of carboxylic acid groups (broad SMARTS) is 1. The highest BCUT2D eigenvalue weighted by atomic mass is 33.1. The fraction of sp³-hybridized carbons (Fsp3) is 0.500. The Bertz CT molecular complexity index is 2660. The van der Waals surface area contributed by atoms with Gasteiger partial charge in [0.15, 0.2) is 6.04 Å². The number of hydrogen-bond acceptors (Lipinski definition) is 16. The predicted octanol–water partition coefficient (Wildman–Crippen LogP) is 3.67. The Balaban J connectivity index is 0.00000384. The van der Waals surface area contributed by atoms with E-state index in [0.717, 1.165) is 27.3 Å². The second-order valence-electron chi connectivity index (χ2n) is 19.7. The van der Waals surface area contributed by atoms with Crippen LogP contribution in [0.3, 0.4) is 0 Å². The van der Waals surface area contributed by atoms with Crippen LogP contribution in [-0.2, 0) is 57.6 Å². The van der Waals surface area contributed by atoms with E-state index in [2.05, 4.69) is 67.9 Å². The number of aromatic nitrogens is 1. The highest BCUT2D eigenvalue weighted by molar-refractivity contribution is 8.76. The first-order chi connectivity index (χ1) is 40.2. The fourth-order valence-electron chi connectivity index (χ4n) is 8.01. The third-order valence-corrected chi connectivity index (χ3v) is 15.5. The van der Waals surface area contributed by atoms with Crippen LogP contribution < -0.4 is 48.3 Å². The number of para-hydroxylation sites is 1. The fourth-order valence-corrected chi connectivity index (χ4v) is 10.5. The van der Waals surface area contributed by atoms with Gasteiger partial charge in [0.2, 0.25) is 35.4 Å². The van der Waals surface area contributed by atoms with Crippen molar-refractivity contribution in [3.63, 3.8) is 0 Å². The summed E-state index contributed by atoms with van der Waals surface area (Å²) in [5.41, 5.74) is 8.57. The summed E-state index contributed by atoms with van der Waals surface area (Å²) >= 11 is 0. The van der Waals surface area contributed by atoms with Gasteiger partial charge in [0.1, 0.15) is 48.3 Å². The number of nitrogens with two attached hydrogens (primary N) is 1. The number of hydrogen-bond donors (Lipinski definition) is 14. The Labute approximate surface area is 501 Å². The average molecular weight is 1210 g/mol. The molecule has 4 rings (SSSR count). The van der Waals surface area contributed by atoms with Gasteiger partial charge >= 0.3 is 5.97 Å². The molecule has 0 aliphatic carbocycles. The molecule has 0 aliphatic heterocycles. The van der Waals surface area contributed by atoms with Crippen LogP contribution in [0, 0.1) is 0 Å². The first kappa shape index (κ1) is 73.1. The number of aldehydes is 1. The second kappa shape index (κ2) is 40.3. The van der Waals surface area contributed by atoms with Crippen molar-refractivity contribution in [3.8, 4) is 5.75 Å². The van der Waals surface area contributed by atoms with Gasteiger partial charge < -0.3 is 78.5 Å². The van der Waals surface area contributed by atoms with E-state index in [1.54, 1.807) is 68.7 Å². The minimum atomic E-state index is -1.46. The van der Waals surface area contributed by atoms with E-state index >= 15 is 0 Å². The number of amides is 6. The normalized spacial score (nSPS) is 14.4. The second-order valence-corrected chi connectivity index (χ2v) is 22.2. The Morgan fingerprint density at radius 3 is 1.65 bits per heavy atom. The number of H-pyrrole nitrogens is 1. The van der Waals surface area contributed by atoms with Crippen LogP contribution in [-0.4, -0.2) is 159 Å². The molecule has 6 amide bonds. The zero-order valence-corrected chi connectivity index (χ0v) is 51.2. The lowest BCUT2D eigenvalue weighted by Gasteiger charge is -2.28. The molecule has 3 aromatic carbocycles. The molecule has 1 heterocycles. The summed E-state index contributed by atoms with van der Waals surface area (Å²) in [4.78, 5) is 112. The molecule has 22 nitrogen and oxygen atoms in total. The lowest BCUT2D eigenvalue weighted by molar-refractivity contribution is -0.142. The molecule has 464 valence electrons. The molecule has 0 radical (unpaired) electrons. The number of aromatic amines is 1. The van der Waals surface area contributed by atoms with E-state index in [4.69, 9.17) is 5.73 Å². The number of rotatable bonds is 36. The number of phenols is 1. The number of phenolic OH excluding ortho intramolecular Hbond substituents is 1. The van der Waals surface area contributed by atoms with Crippen LogP contribution >= 0.6 is 21.6 Å². The van der Waals surface area contributed by atoms with Crippen molar-refractivity contribution in [2.24, 2.45) is 5.73 Å². The van der Waals surface area contributed by atoms with E-state index in [9.17, 15) is 58.8 Å². The number of aliphatic hydroxyl groups excluding tert-OH is 2. The number of unbranched alkanes of at least 4 members (excludes halogenated alkanes) is 2. The number of fused-ring (bicyclic) bond motifs is 1. The van der Waals surface area contributed by atoms with E-state index in [-0.39, 0.29) is 55.1 Å². The Hall–Kier alpha value is -6.96. The average Bonchev–Trinajstić information content (AvgIpc) is 4.09. The van der Waals surface area contributed by atoms with E-state index in [1.165, 1.54) is 49.6 Å². The van der Waals surface area contributed by atoms with Gasteiger partial charge in [-0.3, -0.25) is 28.8 Å². The first-order valence-corrected chi connectivity index (χ1v) is 31.0. The van der Waals surface area contributed by atoms with Crippen molar-refractivity contribution < 1.29 is 58.8 Å². The highest BCUT2D eigenvalue weighted by Gasteiger charge is 2.35. The maximum atomic E-state index is 14.9. The number of carbonyl (C=O) groups excluding carboxylic acids is 7. The largest absolute Gasteiger partial charge is 0.508 e. The monoisotopic (exact) mass is 1210 g/mol. The zero-order valence-electron chi connectivity index (χ0n) is 49.6. The molecule has 0 bridgehead atoms. The Morgan fingerprint density at radius 2 is 1.13 bits per heavy atom. The topological polar surface area (TPSA) is 356 Å². The van der Waals surface area contributed by atoms with Gasteiger partial charge in [-0.25, -0.2) is 4.79 Å². The van der Waals surface area contributed by atoms with Gasteiger partial charge in [0.05, 0.1) is 18.2 Å². The summed E-state index contributed by atoms with van der Waals surface area (Å²) in [6.07, 6.45) is 2.98. The van der Waals surface area contributed by atoms with Crippen LogP contribution in [0.2, 0.25) is 0 Å². The van der Waals surface area contributed by atoms with E-state index < -0.39 is 102 Å². The lowest BCUT2D eigenvalue weighted by atomic mass is 10.0. The van der Waals surface area contributed by atoms with Gasteiger partial charge in [-0.05, 0) is 81.6 Å². The minimum absolute atomic E-state index is 0.0608. The number of benzene rings is 3. The summed E-state index contributed by atoms with van der Waals surface area (Å²) in [6, 6.07) is 12.3. The third-order valence-electron chi connectivity index (χ3n) is 13.1. The molecule has 10 atom stereocenters. The van der Waals surface area contributed by atoms with Crippen molar-refractivity contribution in [2.45, 2.75) is 167 Å². The van der Waals surface area contributed by atoms with Gasteiger partial charge in [0.25, 0.3) is 0 Å². The molecule has 0 aliphatic rings. The van der Waals surface area contributed by atoms with Gasteiger partial charge in [-0.2, -0.15) is 0 Å². The SMILES string of the molecule is C=C(NC(C(=O)O)C(C)O)C(CSSCC(NC(=O)C(Cc1ccccc1)NC(=O)CC)C(=O)NC(Cc1ccc(O)cc1)C(=O)NC(Cc1c[nH]c2ccccc12)C(=O)NC(CCCCN)C(=O)NC(C=O)C(C)O)NC.CC.CCCC. The number of carboxylic acids is 1. The van der Waals surface area contributed by atoms with Crippen molar-refractivity contribution in [1.82, 2.24) is 47.5 Å². The molecule has 0 saturated carbocycles. The molecular weight excluding hydrogens is 1120 g/mol. The molecule has 24 heteroatoms. The molecule has 84 heavy (non-hydrogen) atoms.